The van der Waals surface area contributed by atoms with Crippen molar-refractivity contribution in [1.29, 1.82) is 0 Å². The standard InChI is InChI=1S/C15H23N7/c1-21-7-9-22(10-8-21)6-2-3-12-11-4-5-13(16)19-14(11)20-15(17)18-12/h4-5H,2-3,6-10H2,1H3,(H4,16,17,18,19,20). The first-order chi connectivity index (χ1) is 10.6. The summed E-state index contributed by atoms with van der Waals surface area (Å²) in [6.07, 6.45) is 1.93. The number of hydrogen-bond donors (Lipinski definition) is 2. The molecule has 2 aromatic heterocycles. The smallest absolute Gasteiger partial charge is 0.222 e. The molecule has 3 rings (SSSR count). The molecule has 0 amide bonds. The fraction of sp³-hybridized carbons (Fsp3) is 0.533. The highest BCUT2D eigenvalue weighted by atomic mass is 15.2. The van der Waals surface area contributed by atoms with Gasteiger partial charge >= 0.3 is 0 Å². The van der Waals surface area contributed by atoms with Crippen LogP contribution in [0.25, 0.3) is 11.0 Å². The number of nitrogen functional groups attached to an aromatic ring is 2. The van der Waals surface area contributed by atoms with Gasteiger partial charge in [0, 0.05) is 31.6 Å². The lowest BCUT2D eigenvalue weighted by Crippen LogP contribution is -2.44. The van der Waals surface area contributed by atoms with Crippen LogP contribution in [0, 0.1) is 0 Å². The first-order valence-electron chi connectivity index (χ1n) is 7.71. The zero-order valence-electron chi connectivity index (χ0n) is 13.0. The minimum Gasteiger partial charge on any atom is -0.384 e. The summed E-state index contributed by atoms with van der Waals surface area (Å²) in [7, 11) is 2.17. The van der Waals surface area contributed by atoms with E-state index < -0.39 is 0 Å². The predicted molar refractivity (Wildman–Crippen MR) is 88.4 cm³/mol. The Morgan fingerprint density at radius 2 is 1.82 bits per heavy atom. The van der Waals surface area contributed by atoms with Gasteiger partial charge in [-0.3, -0.25) is 0 Å². The molecule has 7 heteroatoms. The van der Waals surface area contributed by atoms with Crippen LogP contribution in [-0.2, 0) is 6.42 Å². The third-order valence-electron chi connectivity index (χ3n) is 4.16. The number of nitrogens with zero attached hydrogens (tertiary/aromatic N) is 5. The van der Waals surface area contributed by atoms with E-state index in [-0.39, 0.29) is 5.95 Å². The fourth-order valence-electron chi connectivity index (χ4n) is 2.84. The molecule has 1 aliphatic rings. The Morgan fingerprint density at radius 1 is 1.05 bits per heavy atom. The van der Waals surface area contributed by atoms with Gasteiger partial charge in [-0.2, -0.15) is 4.98 Å². The zero-order chi connectivity index (χ0) is 15.5. The van der Waals surface area contributed by atoms with E-state index in [1.807, 2.05) is 6.07 Å². The van der Waals surface area contributed by atoms with Crippen molar-refractivity contribution in [2.75, 3.05) is 51.2 Å². The Bertz CT molecular complexity index is 644. The average Bonchev–Trinajstić information content (AvgIpc) is 2.48. The fourth-order valence-corrected chi connectivity index (χ4v) is 2.84. The molecular weight excluding hydrogens is 278 g/mol. The summed E-state index contributed by atoms with van der Waals surface area (Å²) in [6, 6.07) is 3.72. The van der Waals surface area contributed by atoms with Crippen molar-refractivity contribution in [3.05, 3.63) is 17.8 Å². The normalized spacial score (nSPS) is 17.1. The monoisotopic (exact) mass is 301 g/mol. The van der Waals surface area contributed by atoms with Crippen molar-refractivity contribution in [2.24, 2.45) is 0 Å². The summed E-state index contributed by atoms with van der Waals surface area (Å²) in [5, 5.41) is 0.946. The zero-order valence-corrected chi connectivity index (χ0v) is 13.0. The van der Waals surface area contributed by atoms with Gasteiger partial charge in [0.25, 0.3) is 0 Å². The van der Waals surface area contributed by atoms with Gasteiger partial charge in [-0.05, 0) is 38.6 Å². The number of pyridine rings is 1. The van der Waals surface area contributed by atoms with Gasteiger partial charge in [-0.15, -0.1) is 0 Å². The van der Waals surface area contributed by atoms with Crippen molar-refractivity contribution in [2.45, 2.75) is 12.8 Å². The molecule has 22 heavy (non-hydrogen) atoms. The van der Waals surface area contributed by atoms with Gasteiger partial charge in [0.1, 0.15) is 5.82 Å². The van der Waals surface area contributed by atoms with E-state index in [9.17, 15) is 0 Å². The highest BCUT2D eigenvalue weighted by molar-refractivity contribution is 5.79. The SMILES string of the molecule is CN1CCN(CCCc2nc(N)nc3nc(N)ccc23)CC1. The highest BCUT2D eigenvalue weighted by Crippen LogP contribution is 2.18. The lowest BCUT2D eigenvalue weighted by molar-refractivity contribution is 0.153. The number of rotatable bonds is 4. The summed E-state index contributed by atoms with van der Waals surface area (Å²) in [4.78, 5) is 17.7. The van der Waals surface area contributed by atoms with Crippen LogP contribution in [0.15, 0.2) is 12.1 Å². The molecule has 2 aromatic rings. The van der Waals surface area contributed by atoms with Crippen LogP contribution in [0.1, 0.15) is 12.1 Å². The second-order valence-corrected chi connectivity index (χ2v) is 5.88. The third-order valence-corrected chi connectivity index (χ3v) is 4.16. The molecule has 0 saturated carbocycles. The Morgan fingerprint density at radius 3 is 2.59 bits per heavy atom. The number of anilines is 2. The van der Waals surface area contributed by atoms with E-state index in [0.29, 0.717) is 11.5 Å². The molecular formula is C15H23N7. The highest BCUT2D eigenvalue weighted by Gasteiger charge is 2.14. The van der Waals surface area contributed by atoms with Gasteiger partial charge in [0.2, 0.25) is 5.95 Å². The van der Waals surface area contributed by atoms with Crippen LogP contribution < -0.4 is 11.5 Å². The molecule has 1 saturated heterocycles. The minimum atomic E-state index is 0.264. The molecule has 0 atom stereocenters. The Kier molecular flexibility index (Phi) is 4.35. The Balaban J connectivity index is 1.66. The van der Waals surface area contributed by atoms with Gasteiger partial charge in [-0.1, -0.05) is 0 Å². The maximum Gasteiger partial charge on any atom is 0.222 e. The van der Waals surface area contributed by atoms with E-state index in [1.165, 1.54) is 0 Å². The summed E-state index contributed by atoms with van der Waals surface area (Å²) < 4.78 is 0. The molecule has 0 radical (unpaired) electrons. The van der Waals surface area contributed by atoms with Crippen molar-refractivity contribution in [1.82, 2.24) is 24.8 Å². The molecule has 118 valence electrons. The van der Waals surface area contributed by atoms with Gasteiger partial charge in [-0.25, -0.2) is 9.97 Å². The summed E-state index contributed by atoms with van der Waals surface area (Å²) in [5.74, 6) is 0.717. The van der Waals surface area contributed by atoms with Crippen molar-refractivity contribution in [3.8, 4) is 0 Å². The second-order valence-electron chi connectivity index (χ2n) is 5.88. The van der Waals surface area contributed by atoms with Gasteiger partial charge < -0.3 is 21.3 Å². The first kappa shape index (κ1) is 14.9. The number of piperazine rings is 1. The Labute approximate surface area is 130 Å². The lowest BCUT2D eigenvalue weighted by atomic mass is 10.1. The molecule has 3 heterocycles. The third kappa shape index (κ3) is 3.42. The lowest BCUT2D eigenvalue weighted by Gasteiger charge is -2.32. The van der Waals surface area contributed by atoms with Gasteiger partial charge in [0.15, 0.2) is 5.65 Å². The largest absolute Gasteiger partial charge is 0.384 e. The molecule has 0 unspecified atom stereocenters. The maximum atomic E-state index is 5.79. The van der Waals surface area contributed by atoms with Crippen LogP contribution >= 0.6 is 0 Å². The maximum absolute atomic E-state index is 5.79. The number of fused-ring (bicyclic) bond motifs is 1. The van der Waals surface area contributed by atoms with Crippen molar-refractivity contribution in [3.63, 3.8) is 0 Å². The summed E-state index contributed by atoms with van der Waals surface area (Å²) >= 11 is 0. The quantitative estimate of drug-likeness (QED) is 0.842. The topological polar surface area (TPSA) is 97.2 Å². The second kappa shape index (κ2) is 6.41. The molecule has 0 aliphatic carbocycles. The summed E-state index contributed by atoms with van der Waals surface area (Å²) in [5.41, 5.74) is 13.0. The van der Waals surface area contributed by atoms with Crippen LogP contribution in [-0.4, -0.2) is 64.5 Å². The molecule has 0 spiro atoms. The Hall–Kier alpha value is -1.99. The summed E-state index contributed by atoms with van der Waals surface area (Å²) in [6.45, 7) is 5.66. The molecule has 0 aromatic carbocycles. The minimum absolute atomic E-state index is 0.264. The van der Waals surface area contributed by atoms with E-state index in [2.05, 4.69) is 31.8 Å². The molecule has 7 nitrogen and oxygen atoms in total. The number of likely N-dealkylation sites (N-methyl/N-ethyl adjacent to an activating group) is 1. The van der Waals surface area contributed by atoms with Crippen molar-refractivity contribution < 1.29 is 0 Å². The first-order valence-corrected chi connectivity index (χ1v) is 7.71. The van der Waals surface area contributed by atoms with Crippen molar-refractivity contribution >= 4 is 22.8 Å². The molecule has 1 aliphatic heterocycles. The molecule has 4 N–H and O–H groups in total. The van der Waals surface area contributed by atoms with Crippen LogP contribution in [0.2, 0.25) is 0 Å². The molecule has 0 bridgehead atoms. The van der Waals surface area contributed by atoms with E-state index in [0.717, 1.165) is 56.6 Å². The van der Waals surface area contributed by atoms with E-state index in [1.54, 1.807) is 6.07 Å². The average molecular weight is 301 g/mol. The van der Waals surface area contributed by atoms with Crippen LogP contribution in [0.3, 0.4) is 0 Å². The molecule has 1 fully saturated rings. The predicted octanol–water partition coefficient (Wildman–Crippen LogP) is 0.369. The number of nitrogens with two attached hydrogens (primary N) is 2. The number of aromatic nitrogens is 3. The van der Waals surface area contributed by atoms with E-state index in [4.69, 9.17) is 11.5 Å². The van der Waals surface area contributed by atoms with Crippen LogP contribution in [0.4, 0.5) is 11.8 Å². The van der Waals surface area contributed by atoms with E-state index >= 15 is 0 Å². The van der Waals surface area contributed by atoms with Crippen LogP contribution in [0.5, 0.6) is 0 Å². The number of hydrogen-bond acceptors (Lipinski definition) is 7. The number of aryl methyl sites for hydroxylation is 1. The van der Waals surface area contributed by atoms with Gasteiger partial charge in [0.05, 0.1) is 5.69 Å².